The number of alkyl halides is 3. The van der Waals surface area contributed by atoms with Crippen LogP contribution in [0.15, 0.2) is 48.5 Å². The summed E-state index contributed by atoms with van der Waals surface area (Å²) in [5.41, 5.74) is -1.01. The van der Waals surface area contributed by atoms with Crippen LogP contribution in [-0.2, 0) is 15.8 Å². The molecule has 1 saturated heterocycles. The number of fused-ring (bicyclic) bond motifs is 1. The Kier molecular flexibility index (Phi) is 5.33. The lowest BCUT2D eigenvalue weighted by Gasteiger charge is -2.25. The van der Waals surface area contributed by atoms with Gasteiger partial charge >= 0.3 is 6.18 Å². The highest BCUT2D eigenvalue weighted by atomic mass is 19.4. The van der Waals surface area contributed by atoms with E-state index in [0.717, 1.165) is 17.4 Å². The third-order valence-electron chi connectivity index (χ3n) is 6.03. The SMILES string of the molecule is C[C@@H]1CC[C@@H]2C(=O)N(c3cccc(C(=O)Nc4ccccc4C(F)(F)F)c3)C(=O)[C@@H]2C1. The van der Waals surface area contributed by atoms with Crippen molar-refractivity contribution in [2.24, 2.45) is 17.8 Å². The van der Waals surface area contributed by atoms with E-state index in [1.54, 1.807) is 6.07 Å². The Morgan fingerprint density at radius 2 is 1.71 bits per heavy atom. The molecule has 0 radical (unpaired) electrons. The van der Waals surface area contributed by atoms with Crippen molar-refractivity contribution in [3.05, 3.63) is 59.7 Å². The van der Waals surface area contributed by atoms with Gasteiger partial charge in [0.25, 0.3) is 5.91 Å². The molecule has 0 unspecified atom stereocenters. The summed E-state index contributed by atoms with van der Waals surface area (Å²) < 4.78 is 39.6. The van der Waals surface area contributed by atoms with Crippen molar-refractivity contribution in [2.45, 2.75) is 32.4 Å². The molecule has 0 spiro atoms. The summed E-state index contributed by atoms with van der Waals surface area (Å²) in [6.07, 6.45) is -2.43. The van der Waals surface area contributed by atoms with Crippen LogP contribution in [0.1, 0.15) is 42.1 Å². The Bertz CT molecular complexity index is 1050. The molecule has 1 N–H and O–H groups in total. The van der Waals surface area contributed by atoms with Gasteiger partial charge < -0.3 is 5.32 Å². The van der Waals surface area contributed by atoms with Crippen LogP contribution in [-0.4, -0.2) is 17.7 Å². The van der Waals surface area contributed by atoms with Gasteiger partial charge in [-0.05, 0) is 55.5 Å². The van der Waals surface area contributed by atoms with E-state index in [9.17, 15) is 27.6 Å². The molecule has 31 heavy (non-hydrogen) atoms. The molecule has 8 heteroatoms. The van der Waals surface area contributed by atoms with Gasteiger partial charge in [-0.3, -0.25) is 19.3 Å². The van der Waals surface area contributed by atoms with E-state index in [4.69, 9.17) is 0 Å². The first-order valence-electron chi connectivity index (χ1n) is 10.1. The van der Waals surface area contributed by atoms with E-state index < -0.39 is 17.6 Å². The van der Waals surface area contributed by atoms with Crippen LogP contribution in [0.2, 0.25) is 0 Å². The minimum absolute atomic E-state index is 0.0540. The number of benzene rings is 2. The van der Waals surface area contributed by atoms with Crippen molar-refractivity contribution in [3.8, 4) is 0 Å². The molecule has 3 atom stereocenters. The zero-order valence-electron chi connectivity index (χ0n) is 16.8. The average molecular weight is 430 g/mol. The molecule has 1 heterocycles. The number of carbonyl (C=O) groups is 3. The van der Waals surface area contributed by atoms with Crippen LogP contribution in [0.3, 0.4) is 0 Å². The average Bonchev–Trinajstić information content (AvgIpc) is 2.97. The van der Waals surface area contributed by atoms with Crippen molar-refractivity contribution < 1.29 is 27.6 Å². The van der Waals surface area contributed by atoms with Crippen molar-refractivity contribution in [1.82, 2.24) is 0 Å². The predicted molar refractivity (Wildman–Crippen MR) is 108 cm³/mol. The molecule has 162 valence electrons. The van der Waals surface area contributed by atoms with Crippen LogP contribution in [0.25, 0.3) is 0 Å². The maximum absolute atomic E-state index is 13.2. The highest BCUT2D eigenvalue weighted by molar-refractivity contribution is 6.22. The van der Waals surface area contributed by atoms with Gasteiger partial charge in [0, 0.05) is 5.56 Å². The molecule has 4 rings (SSSR count). The molecule has 5 nitrogen and oxygen atoms in total. The van der Waals surface area contributed by atoms with Crippen LogP contribution in [0, 0.1) is 17.8 Å². The van der Waals surface area contributed by atoms with Gasteiger partial charge in [0.2, 0.25) is 11.8 Å². The highest BCUT2D eigenvalue weighted by Crippen LogP contribution is 2.42. The number of anilines is 2. The third-order valence-corrected chi connectivity index (χ3v) is 6.03. The van der Waals surface area contributed by atoms with Gasteiger partial charge in [-0.15, -0.1) is 0 Å². The maximum atomic E-state index is 13.2. The number of carbonyl (C=O) groups excluding carboxylic acids is 3. The Labute approximate surface area is 177 Å². The zero-order valence-corrected chi connectivity index (χ0v) is 16.8. The molecule has 2 fully saturated rings. The van der Waals surface area contributed by atoms with Gasteiger partial charge in [0.05, 0.1) is 28.8 Å². The van der Waals surface area contributed by atoms with Crippen molar-refractivity contribution >= 4 is 29.1 Å². The minimum Gasteiger partial charge on any atom is -0.321 e. The van der Waals surface area contributed by atoms with Gasteiger partial charge in [-0.1, -0.05) is 25.1 Å². The smallest absolute Gasteiger partial charge is 0.321 e. The fraction of sp³-hybridized carbons (Fsp3) is 0.348. The number of amides is 3. The van der Waals surface area contributed by atoms with Gasteiger partial charge in [-0.25, -0.2) is 0 Å². The van der Waals surface area contributed by atoms with Crippen molar-refractivity contribution in [2.75, 3.05) is 10.2 Å². The third kappa shape index (κ3) is 3.94. The summed E-state index contributed by atoms with van der Waals surface area (Å²) in [5, 5.41) is 2.28. The van der Waals surface area contributed by atoms with Gasteiger partial charge in [0.15, 0.2) is 0 Å². The summed E-state index contributed by atoms with van der Waals surface area (Å²) in [7, 11) is 0. The molecular weight excluding hydrogens is 409 g/mol. The fourth-order valence-corrected chi connectivity index (χ4v) is 4.46. The van der Waals surface area contributed by atoms with Crippen LogP contribution < -0.4 is 10.2 Å². The fourth-order valence-electron chi connectivity index (χ4n) is 4.46. The summed E-state index contributed by atoms with van der Waals surface area (Å²) in [6.45, 7) is 2.06. The van der Waals surface area contributed by atoms with E-state index in [1.807, 2.05) is 0 Å². The Morgan fingerprint density at radius 1 is 1.00 bits per heavy atom. The molecule has 1 saturated carbocycles. The van der Waals surface area contributed by atoms with E-state index in [0.29, 0.717) is 18.8 Å². The van der Waals surface area contributed by atoms with Crippen LogP contribution >= 0.6 is 0 Å². The first-order valence-corrected chi connectivity index (χ1v) is 10.1. The number of hydrogen-bond donors (Lipinski definition) is 1. The molecule has 2 aliphatic rings. The summed E-state index contributed by atoms with van der Waals surface area (Å²) in [5.74, 6) is -1.65. The number of para-hydroxylation sites is 1. The monoisotopic (exact) mass is 430 g/mol. The Hall–Kier alpha value is -3.16. The first-order chi connectivity index (χ1) is 14.7. The molecular formula is C23H21F3N2O3. The molecule has 1 aliphatic heterocycles. The first kappa shape index (κ1) is 21.1. The van der Waals surface area contributed by atoms with E-state index >= 15 is 0 Å². The second-order valence-electron chi connectivity index (χ2n) is 8.19. The summed E-state index contributed by atoms with van der Waals surface area (Å²) in [6, 6.07) is 10.5. The lowest BCUT2D eigenvalue weighted by molar-refractivity contribution is -0.137. The van der Waals surface area contributed by atoms with Gasteiger partial charge in [-0.2, -0.15) is 13.2 Å². The number of hydrogen-bond acceptors (Lipinski definition) is 3. The number of nitrogens with zero attached hydrogens (tertiary/aromatic N) is 1. The zero-order chi connectivity index (χ0) is 22.3. The molecule has 1 aliphatic carbocycles. The second-order valence-corrected chi connectivity index (χ2v) is 8.19. The number of rotatable bonds is 3. The summed E-state index contributed by atoms with van der Waals surface area (Å²) in [4.78, 5) is 39.5. The summed E-state index contributed by atoms with van der Waals surface area (Å²) >= 11 is 0. The maximum Gasteiger partial charge on any atom is 0.418 e. The van der Waals surface area contributed by atoms with Crippen LogP contribution in [0.4, 0.5) is 24.5 Å². The van der Waals surface area contributed by atoms with E-state index in [1.165, 1.54) is 36.4 Å². The lowest BCUT2D eigenvalue weighted by atomic mass is 9.76. The molecule has 2 aromatic carbocycles. The molecule has 0 bridgehead atoms. The van der Waals surface area contributed by atoms with Crippen molar-refractivity contribution in [1.29, 1.82) is 0 Å². The quantitative estimate of drug-likeness (QED) is 0.706. The molecule has 3 amide bonds. The Morgan fingerprint density at radius 3 is 2.45 bits per heavy atom. The molecule has 0 aromatic heterocycles. The van der Waals surface area contributed by atoms with E-state index in [2.05, 4.69) is 12.2 Å². The van der Waals surface area contributed by atoms with Gasteiger partial charge in [0.1, 0.15) is 0 Å². The predicted octanol–water partition coefficient (Wildman–Crippen LogP) is 4.88. The number of nitrogens with one attached hydrogen (secondary N) is 1. The number of imide groups is 1. The normalized spacial score (nSPS) is 23.6. The largest absolute Gasteiger partial charge is 0.418 e. The van der Waals surface area contributed by atoms with Crippen LogP contribution in [0.5, 0.6) is 0 Å². The Balaban J connectivity index is 1.59. The minimum atomic E-state index is -4.62. The molecule has 2 aromatic rings. The second kappa shape index (κ2) is 7.83. The standard InChI is InChI=1S/C23H21F3N2O3/c1-13-9-10-16-17(11-13)22(31)28(21(16)30)15-6-4-5-14(12-15)20(29)27-19-8-3-2-7-18(19)23(24,25)26/h2-8,12-13,16-17H,9-11H2,1H3,(H,27,29)/t13-,16+,17-/m1/s1. The highest BCUT2D eigenvalue weighted by Gasteiger charge is 2.50. The lowest BCUT2D eigenvalue weighted by Crippen LogP contribution is -2.31. The number of halogens is 3. The topological polar surface area (TPSA) is 66.5 Å². The van der Waals surface area contributed by atoms with Crippen molar-refractivity contribution in [3.63, 3.8) is 0 Å². The van der Waals surface area contributed by atoms with E-state index in [-0.39, 0.29) is 40.6 Å².